The van der Waals surface area contributed by atoms with Gasteiger partial charge in [-0.2, -0.15) is 0 Å². The number of ether oxygens (including phenoxy) is 1. The topological polar surface area (TPSA) is 9.23 Å². The number of rotatable bonds is 4. The largest absolute Gasteiger partial charge is 0.373 e. The zero-order chi connectivity index (χ0) is 5.54. The van der Waals surface area contributed by atoms with E-state index in [1.54, 1.807) is 0 Å². The van der Waals surface area contributed by atoms with Crippen molar-refractivity contribution in [1.82, 2.24) is 0 Å². The molecule has 0 aliphatic rings. The Morgan fingerprint density at radius 2 is 2.14 bits per heavy atom. The van der Waals surface area contributed by atoms with Gasteiger partial charge in [0.2, 0.25) is 0 Å². The van der Waals surface area contributed by atoms with Crippen molar-refractivity contribution in [2.75, 3.05) is 6.61 Å². The predicted molar refractivity (Wildman–Crippen MR) is 29.8 cm³/mol. The lowest BCUT2D eigenvalue weighted by Gasteiger charge is -1.92. The summed E-state index contributed by atoms with van der Waals surface area (Å²) in [4.78, 5) is 0. The zero-order valence-corrected chi connectivity index (χ0v) is 4.81. The monoisotopic (exact) mass is 100 g/mol. The summed E-state index contributed by atoms with van der Waals surface area (Å²) in [6.07, 6.45) is 3.54. The molecule has 0 amide bonds. The summed E-state index contributed by atoms with van der Waals surface area (Å²) in [6, 6.07) is 0. The first kappa shape index (κ1) is 6.96. The number of unbranched alkanes of at least 4 members (excludes halogenated alkanes) is 2. The molecule has 0 unspecified atom stereocenters. The van der Waals surface area contributed by atoms with Gasteiger partial charge in [0.15, 0.2) is 0 Å². The van der Waals surface area contributed by atoms with Crippen LogP contribution < -0.4 is 0 Å². The van der Waals surface area contributed by atoms with E-state index >= 15 is 0 Å². The van der Waals surface area contributed by atoms with Crippen LogP contribution in [0.5, 0.6) is 0 Å². The summed E-state index contributed by atoms with van der Waals surface area (Å²) in [5.74, 6) is 0. The first-order valence-corrected chi connectivity index (χ1v) is 2.73. The van der Waals surface area contributed by atoms with Crippen LogP contribution in [-0.2, 0) is 4.74 Å². The van der Waals surface area contributed by atoms with Gasteiger partial charge in [0.05, 0.1) is 0 Å². The second-order valence-corrected chi connectivity index (χ2v) is 1.58. The first-order chi connectivity index (χ1) is 3.41. The Kier molecular flexibility index (Phi) is 5.93. The molecule has 42 valence electrons. The van der Waals surface area contributed by atoms with Gasteiger partial charge in [-0.25, -0.2) is 0 Å². The van der Waals surface area contributed by atoms with Gasteiger partial charge in [0.1, 0.15) is 7.11 Å². The molecule has 0 fully saturated rings. The molecule has 0 aromatic rings. The van der Waals surface area contributed by atoms with Crippen LogP contribution in [-0.4, -0.2) is 6.61 Å². The minimum Gasteiger partial charge on any atom is -0.373 e. The van der Waals surface area contributed by atoms with Gasteiger partial charge in [0.25, 0.3) is 0 Å². The third-order valence-corrected chi connectivity index (χ3v) is 0.866. The van der Waals surface area contributed by atoms with E-state index in [1.807, 2.05) is 0 Å². The molecule has 1 heteroatoms. The van der Waals surface area contributed by atoms with Crippen LogP contribution >= 0.6 is 0 Å². The van der Waals surface area contributed by atoms with E-state index < -0.39 is 0 Å². The van der Waals surface area contributed by atoms with Gasteiger partial charge in [-0.3, -0.25) is 0 Å². The van der Waals surface area contributed by atoms with Crippen molar-refractivity contribution in [2.24, 2.45) is 0 Å². The lowest BCUT2D eigenvalue weighted by atomic mass is 10.3. The minimum atomic E-state index is 0.702. The molecular formula is C6H12O. The van der Waals surface area contributed by atoms with E-state index in [9.17, 15) is 0 Å². The first-order valence-electron chi connectivity index (χ1n) is 2.73. The Bertz CT molecular complexity index is 23.4. The molecule has 0 aromatic heterocycles. The zero-order valence-electron chi connectivity index (χ0n) is 4.81. The van der Waals surface area contributed by atoms with E-state index in [0.717, 1.165) is 6.42 Å². The van der Waals surface area contributed by atoms with E-state index in [0.29, 0.717) is 6.61 Å². The summed E-state index contributed by atoms with van der Waals surface area (Å²) in [7, 11) is 4.77. The minimum absolute atomic E-state index is 0.702. The van der Waals surface area contributed by atoms with Crippen LogP contribution in [0.4, 0.5) is 0 Å². The molecule has 0 atom stereocenters. The summed E-state index contributed by atoms with van der Waals surface area (Å²) < 4.78 is 4.34. The lowest BCUT2D eigenvalue weighted by molar-refractivity contribution is 0.234. The highest BCUT2D eigenvalue weighted by molar-refractivity contribution is 4.33. The van der Waals surface area contributed by atoms with Crippen molar-refractivity contribution in [3.05, 3.63) is 7.11 Å². The van der Waals surface area contributed by atoms with Gasteiger partial charge < -0.3 is 4.74 Å². The highest BCUT2D eigenvalue weighted by Crippen LogP contribution is 1.92. The Morgan fingerprint density at radius 1 is 1.43 bits per heavy atom. The third kappa shape index (κ3) is 5.96. The average molecular weight is 100 g/mol. The maximum atomic E-state index is 4.77. The van der Waals surface area contributed by atoms with E-state index in [1.165, 1.54) is 12.8 Å². The molecule has 0 bridgehead atoms. The molecule has 0 rings (SSSR count). The van der Waals surface area contributed by atoms with Crippen molar-refractivity contribution in [1.29, 1.82) is 0 Å². The van der Waals surface area contributed by atoms with Crippen molar-refractivity contribution in [3.8, 4) is 0 Å². The Balaban J connectivity index is 2.45. The Hall–Kier alpha value is -0.0400. The predicted octanol–water partition coefficient (Wildman–Crippen LogP) is 1.86. The molecule has 0 aliphatic carbocycles. The molecule has 0 saturated carbocycles. The van der Waals surface area contributed by atoms with Crippen LogP contribution in [0.1, 0.15) is 26.2 Å². The smallest absolute Gasteiger partial charge is 0.115 e. The third-order valence-electron chi connectivity index (χ3n) is 0.866. The van der Waals surface area contributed by atoms with Crippen molar-refractivity contribution in [3.63, 3.8) is 0 Å². The Morgan fingerprint density at radius 3 is 2.57 bits per heavy atom. The van der Waals surface area contributed by atoms with Crippen LogP contribution in [0.15, 0.2) is 0 Å². The second-order valence-electron chi connectivity index (χ2n) is 1.58. The molecule has 0 spiro atoms. The summed E-state index contributed by atoms with van der Waals surface area (Å²) >= 11 is 0. The summed E-state index contributed by atoms with van der Waals surface area (Å²) in [5, 5.41) is 0. The maximum absolute atomic E-state index is 4.77. The SMILES string of the molecule is [CH]OCCCCC. The second kappa shape index (κ2) is 5.96. The van der Waals surface area contributed by atoms with Crippen LogP contribution in [0.3, 0.4) is 0 Å². The molecule has 0 aliphatic heterocycles. The van der Waals surface area contributed by atoms with Gasteiger partial charge in [0, 0.05) is 6.61 Å². The van der Waals surface area contributed by atoms with Crippen LogP contribution in [0.25, 0.3) is 0 Å². The average Bonchev–Trinajstić information content (AvgIpc) is 1.69. The van der Waals surface area contributed by atoms with Crippen molar-refractivity contribution < 1.29 is 4.74 Å². The van der Waals surface area contributed by atoms with Crippen LogP contribution in [0, 0.1) is 7.11 Å². The fourth-order valence-electron chi connectivity index (χ4n) is 0.435. The normalized spacial score (nSPS) is 9.43. The van der Waals surface area contributed by atoms with Crippen molar-refractivity contribution in [2.45, 2.75) is 26.2 Å². The van der Waals surface area contributed by atoms with Crippen LogP contribution in [0.2, 0.25) is 0 Å². The van der Waals surface area contributed by atoms with Gasteiger partial charge in [-0.1, -0.05) is 19.8 Å². The van der Waals surface area contributed by atoms with Gasteiger partial charge in [-0.15, -0.1) is 0 Å². The Labute approximate surface area is 45.7 Å². The fraction of sp³-hybridized carbons (Fsp3) is 0.833. The number of hydrogen-bond acceptors (Lipinski definition) is 1. The van der Waals surface area contributed by atoms with Crippen molar-refractivity contribution >= 4 is 0 Å². The summed E-state index contributed by atoms with van der Waals surface area (Å²) in [5.41, 5.74) is 0. The maximum Gasteiger partial charge on any atom is 0.115 e. The van der Waals surface area contributed by atoms with E-state index in [-0.39, 0.29) is 0 Å². The molecule has 2 radical (unpaired) electrons. The highest BCUT2D eigenvalue weighted by atomic mass is 16.5. The van der Waals surface area contributed by atoms with E-state index in [2.05, 4.69) is 11.7 Å². The number of hydrogen-bond donors (Lipinski definition) is 0. The molecule has 0 saturated heterocycles. The molecule has 0 N–H and O–H groups in total. The summed E-state index contributed by atoms with van der Waals surface area (Å²) in [6.45, 7) is 2.85. The van der Waals surface area contributed by atoms with Gasteiger partial charge >= 0.3 is 0 Å². The molecule has 7 heavy (non-hydrogen) atoms. The quantitative estimate of drug-likeness (QED) is 0.490. The standard InChI is InChI=1S/C6H12O/c1-3-4-5-6-7-2/h2H,3-6H2,1H3. The molecule has 0 aromatic carbocycles. The molecule has 1 nitrogen and oxygen atoms in total. The fourth-order valence-corrected chi connectivity index (χ4v) is 0.435. The lowest BCUT2D eigenvalue weighted by Crippen LogP contribution is -1.83. The van der Waals surface area contributed by atoms with Gasteiger partial charge in [-0.05, 0) is 6.42 Å². The van der Waals surface area contributed by atoms with E-state index in [4.69, 9.17) is 7.11 Å². The molecule has 0 heterocycles. The molecular weight excluding hydrogens is 88.1 g/mol. The highest BCUT2D eigenvalue weighted by Gasteiger charge is 1.80.